The second kappa shape index (κ2) is 8.20. The summed E-state index contributed by atoms with van der Waals surface area (Å²) in [6.45, 7) is 6.77. The highest BCUT2D eigenvalue weighted by Crippen LogP contribution is 2.34. The molecule has 0 aliphatic rings. The Balaban J connectivity index is 1.96. The van der Waals surface area contributed by atoms with Gasteiger partial charge in [-0.25, -0.2) is 14.4 Å². The number of benzene rings is 1. The first kappa shape index (κ1) is 21.4. The molecule has 3 rings (SSSR count). The Bertz CT molecular complexity index is 1040. The SMILES string of the molecule is Cc1nc(NCc2cccc(C(F)(F)C(C)O)c2F)c2cc(P(C)C)ncc2n1. The molecular weight excluding hydrogens is 400 g/mol. The summed E-state index contributed by atoms with van der Waals surface area (Å²) >= 11 is 0. The van der Waals surface area contributed by atoms with Crippen LogP contribution in [-0.2, 0) is 12.5 Å². The predicted octanol–water partition coefficient (Wildman–Crippen LogP) is 3.92. The molecule has 0 saturated carbocycles. The van der Waals surface area contributed by atoms with Crippen LogP contribution in [0.4, 0.5) is 19.0 Å². The fourth-order valence-corrected chi connectivity index (χ4v) is 3.57. The second-order valence-electron chi connectivity index (χ2n) is 7.00. The molecule has 0 bridgehead atoms. The van der Waals surface area contributed by atoms with E-state index in [4.69, 9.17) is 0 Å². The van der Waals surface area contributed by atoms with Crippen LogP contribution >= 0.6 is 7.92 Å². The van der Waals surface area contributed by atoms with Crippen molar-refractivity contribution in [2.45, 2.75) is 32.4 Å². The Labute approximate surface area is 168 Å². The number of aromatic nitrogens is 3. The van der Waals surface area contributed by atoms with Crippen LogP contribution in [0.15, 0.2) is 30.5 Å². The van der Waals surface area contributed by atoms with Gasteiger partial charge in [0.05, 0.1) is 22.7 Å². The van der Waals surface area contributed by atoms with E-state index in [1.165, 1.54) is 12.1 Å². The number of hydrogen-bond acceptors (Lipinski definition) is 5. The normalized spacial score (nSPS) is 13.1. The Hall–Kier alpha value is -2.31. The van der Waals surface area contributed by atoms with E-state index < -0.39 is 31.3 Å². The minimum Gasteiger partial charge on any atom is -0.387 e. The molecule has 0 saturated heterocycles. The lowest BCUT2D eigenvalue weighted by molar-refractivity contribution is -0.108. The molecule has 1 atom stereocenters. The molecule has 2 heterocycles. The number of halogens is 3. The summed E-state index contributed by atoms with van der Waals surface area (Å²) in [6, 6.07) is 5.65. The molecule has 5 nitrogen and oxygen atoms in total. The summed E-state index contributed by atoms with van der Waals surface area (Å²) < 4.78 is 43.0. The molecule has 3 aromatic rings. The van der Waals surface area contributed by atoms with E-state index in [1.807, 2.05) is 6.07 Å². The summed E-state index contributed by atoms with van der Waals surface area (Å²) in [7, 11) is -0.432. The topological polar surface area (TPSA) is 70.9 Å². The van der Waals surface area contributed by atoms with Gasteiger partial charge in [0.15, 0.2) is 0 Å². The van der Waals surface area contributed by atoms with Gasteiger partial charge in [0.25, 0.3) is 0 Å². The molecule has 0 aliphatic heterocycles. The lowest BCUT2D eigenvalue weighted by Crippen LogP contribution is -2.29. The minimum atomic E-state index is -3.68. The van der Waals surface area contributed by atoms with Gasteiger partial charge in [-0.2, -0.15) is 8.78 Å². The van der Waals surface area contributed by atoms with Crippen LogP contribution in [-0.4, -0.2) is 39.5 Å². The maximum absolute atomic E-state index is 14.7. The number of nitrogens with zero attached hydrogens (tertiary/aromatic N) is 3. The highest BCUT2D eigenvalue weighted by atomic mass is 31.1. The Kier molecular flexibility index (Phi) is 6.05. The summed E-state index contributed by atoms with van der Waals surface area (Å²) in [4.78, 5) is 13.2. The quantitative estimate of drug-likeness (QED) is 0.590. The molecule has 9 heteroatoms. The number of aliphatic hydroxyl groups is 1. The molecule has 29 heavy (non-hydrogen) atoms. The first-order chi connectivity index (χ1) is 13.6. The Morgan fingerprint density at radius 3 is 2.62 bits per heavy atom. The van der Waals surface area contributed by atoms with E-state index in [1.54, 1.807) is 13.1 Å². The zero-order valence-corrected chi connectivity index (χ0v) is 17.4. The van der Waals surface area contributed by atoms with E-state index in [-0.39, 0.29) is 12.1 Å². The third-order valence-corrected chi connectivity index (χ3v) is 5.71. The fraction of sp³-hybridized carbons (Fsp3) is 0.350. The average molecular weight is 422 g/mol. The lowest BCUT2D eigenvalue weighted by atomic mass is 10.0. The molecule has 0 fully saturated rings. The van der Waals surface area contributed by atoms with E-state index in [2.05, 4.69) is 33.6 Å². The largest absolute Gasteiger partial charge is 0.387 e. The van der Waals surface area contributed by atoms with Crippen LogP contribution in [0, 0.1) is 12.7 Å². The van der Waals surface area contributed by atoms with E-state index in [0.29, 0.717) is 17.2 Å². The van der Waals surface area contributed by atoms with Gasteiger partial charge in [-0.05, 0) is 39.3 Å². The van der Waals surface area contributed by atoms with Gasteiger partial charge in [-0.3, -0.25) is 4.98 Å². The smallest absolute Gasteiger partial charge is 0.301 e. The number of anilines is 1. The van der Waals surface area contributed by atoms with Gasteiger partial charge >= 0.3 is 5.92 Å². The molecule has 1 unspecified atom stereocenters. The highest BCUT2D eigenvalue weighted by Gasteiger charge is 2.40. The molecule has 1 aromatic carbocycles. The number of rotatable bonds is 6. The van der Waals surface area contributed by atoms with Gasteiger partial charge in [0.1, 0.15) is 23.6 Å². The predicted molar refractivity (Wildman–Crippen MR) is 110 cm³/mol. The van der Waals surface area contributed by atoms with Crippen molar-refractivity contribution < 1.29 is 18.3 Å². The standard InChI is InChI=1S/C20H22F3N4OP/c1-11(28)20(22,23)15-7-5-6-13(18(15)21)9-25-19-14-8-17(29(3)4)24-10-16(14)26-12(2)27-19/h5-8,10-11,28H,9H2,1-4H3,(H,25,26,27). The van der Waals surface area contributed by atoms with Gasteiger partial charge in [0.2, 0.25) is 0 Å². The Morgan fingerprint density at radius 1 is 1.24 bits per heavy atom. The van der Waals surface area contributed by atoms with Crippen molar-refractivity contribution in [1.82, 2.24) is 15.0 Å². The third-order valence-electron chi connectivity index (χ3n) is 4.55. The van der Waals surface area contributed by atoms with Gasteiger partial charge in [-0.15, -0.1) is 0 Å². The van der Waals surface area contributed by atoms with Crippen molar-refractivity contribution in [2.24, 2.45) is 0 Å². The van der Waals surface area contributed by atoms with E-state index >= 15 is 0 Å². The number of fused-ring (bicyclic) bond motifs is 1. The van der Waals surface area contributed by atoms with Crippen molar-refractivity contribution in [3.8, 4) is 0 Å². The first-order valence-corrected chi connectivity index (χ1v) is 11.2. The summed E-state index contributed by atoms with van der Waals surface area (Å²) in [6.07, 6.45) is -0.324. The molecular formula is C20H22F3N4OP. The monoisotopic (exact) mass is 422 g/mol. The maximum Gasteiger partial charge on any atom is 0.301 e. The zero-order chi connectivity index (χ0) is 21.3. The number of alkyl halides is 2. The third kappa shape index (κ3) is 4.33. The number of aryl methyl sites for hydroxylation is 1. The fourth-order valence-electron chi connectivity index (χ4n) is 2.89. The van der Waals surface area contributed by atoms with Crippen LogP contribution in [0.25, 0.3) is 10.9 Å². The van der Waals surface area contributed by atoms with Crippen molar-refractivity contribution in [3.63, 3.8) is 0 Å². The number of nitrogens with one attached hydrogen (secondary N) is 1. The first-order valence-electron chi connectivity index (χ1n) is 9.00. The van der Waals surface area contributed by atoms with Gasteiger partial charge in [0, 0.05) is 17.5 Å². The average Bonchev–Trinajstić information content (AvgIpc) is 2.66. The minimum absolute atomic E-state index is 0.0498. The van der Waals surface area contributed by atoms with Crippen molar-refractivity contribution in [3.05, 3.63) is 53.2 Å². The highest BCUT2D eigenvalue weighted by molar-refractivity contribution is 7.63. The maximum atomic E-state index is 14.7. The molecule has 2 aromatic heterocycles. The van der Waals surface area contributed by atoms with Crippen LogP contribution < -0.4 is 10.8 Å². The molecule has 0 aliphatic carbocycles. The lowest BCUT2D eigenvalue weighted by Gasteiger charge is -2.21. The second-order valence-corrected chi connectivity index (χ2v) is 9.25. The Morgan fingerprint density at radius 2 is 1.97 bits per heavy atom. The van der Waals surface area contributed by atoms with Crippen LogP contribution in [0.5, 0.6) is 0 Å². The van der Waals surface area contributed by atoms with Gasteiger partial charge < -0.3 is 10.4 Å². The molecule has 0 amide bonds. The number of pyridine rings is 1. The summed E-state index contributed by atoms with van der Waals surface area (Å²) in [5, 5.41) is 13.1. The number of hydrogen-bond donors (Lipinski definition) is 2. The van der Waals surface area contributed by atoms with E-state index in [9.17, 15) is 18.3 Å². The molecule has 2 N–H and O–H groups in total. The van der Waals surface area contributed by atoms with Crippen LogP contribution in [0.2, 0.25) is 0 Å². The van der Waals surface area contributed by atoms with Crippen molar-refractivity contribution in [1.29, 1.82) is 0 Å². The van der Waals surface area contributed by atoms with E-state index in [0.717, 1.165) is 23.8 Å². The summed E-state index contributed by atoms with van der Waals surface area (Å²) in [5.74, 6) is -3.73. The van der Waals surface area contributed by atoms with Crippen molar-refractivity contribution in [2.75, 3.05) is 18.6 Å². The van der Waals surface area contributed by atoms with Crippen LogP contribution in [0.1, 0.15) is 23.9 Å². The molecule has 0 radical (unpaired) electrons. The van der Waals surface area contributed by atoms with Crippen molar-refractivity contribution >= 4 is 30.1 Å². The molecule has 154 valence electrons. The molecule has 0 spiro atoms. The van der Waals surface area contributed by atoms with Crippen LogP contribution in [0.3, 0.4) is 0 Å². The summed E-state index contributed by atoms with van der Waals surface area (Å²) in [5.41, 5.74) is 0.794. The van der Waals surface area contributed by atoms with Gasteiger partial charge in [-0.1, -0.05) is 20.1 Å². The zero-order valence-electron chi connectivity index (χ0n) is 16.5. The number of aliphatic hydroxyl groups excluding tert-OH is 1.